The van der Waals surface area contributed by atoms with Crippen LogP contribution in [0.25, 0.3) is 0 Å². The maximum absolute atomic E-state index is 12.0. The van der Waals surface area contributed by atoms with Gasteiger partial charge >= 0.3 is 5.97 Å². The number of halogens is 1. The molecule has 0 unspecified atom stereocenters. The van der Waals surface area contributed by atoms with Gasteiger partial charge in [-0.25, -0.2) is 4.79 Å². The van der Waals surface area contributed by atoms with E-state index in [2.05, 4.69) is 10.3 Å². The minimum atomic E-state index is -1.14. The number of anilines is 1. The summed E-state index contributed by atoms with van der Waals surface area (Å²) < 4.78 is 0. The number of amides is 1. The molecule has 0 fully saturated rings. The first-order valence-electron chi connectivity index (χ1n) is 5.32. The highest BCUT2D eigenvalue weighted by Gasteiger charge is 2.13. The number of rotatable bonds is 3. The van der Waals surface area contributed by atoms with Crippen molar-refractivity contribution in [2.24, 2.45) is 0 Å². The lowest BCUT2D eigenvalue weighted by Crippen LogP contribution is -2.15. The van der Waals surface area contributed by atoms with Gasteiger partial charge in [0.2, 0.25) is 0 Å². The van der Waals surface area contributed by atoms with Crippen LogP contribution in [0.4, 0.5) is 5.69 Å². The van der Waals surface area contributed by atoms with Crippen molar-refractivity contribution in [1.29, 1.82) is 0 Å². The Hall–Kier alpha value is -2.40. The van der Waals surface area contributed by atoms with E-state index in [1.807, 2.05) is 0 Å². The van der Waals surface area contributed by atoms with Gasteiger partial charge in [-0.2, -0.15) is 0 Å². The molecule has 1 heterocycles. The summed E-state index contributed by atoms with van der Waals surface area (Å²) in [6, 6.07) is 7.67. The smallest absolute Gasteiger partial charge is 0.337 e. The van der Waals surface area contributed by atoms with Gasteiger partial charge in [-0.1, -0.05) is 17.7 Å². The summed E-state index contributed by atoms with van der Waals surface area (Å²) in [5.74, 6) is -1.58. The highest BCUT2D eigenvalue weighted by atomic mass is 35.5. The molecule has 0 aliphatic rings. The Balaban J connectivity index is 2.27. The van der Waals surface area contributed by atoms with Crippen molar-refractivity contribution in [2.45, 2.75) is 0 Å². The highest BCUT2D eigenvalue weighted by molar-refractivity contribution is 6.31. The van der Waals surface area contributed by atoms with Crippen LogP contribution in [0.2, 0.25) is 5.02 Å². The Morgan fingerprint density at radius 2 is 2.05 bits per heavy atom. The van der Waals surface area contributed by atoms with Crippen LogP contribution in [0.3, 0.4) is 0 Å². The van der Waals surface area contributed by atoms with Crippen LogP contribution in [0.5, 0.6) is 0 Å². The van der Waals surface area contributed by atoms with E-state index < -0.39 is 11.9 Å². The SMILES string of the molecule is O=C(Nc1cnccc1C(=O)O)c1cccc(Cl)c1. The summed E-state index contributed by atoms with van der Waals surface area (Å²) in [7, 11) is 0. The van der Waals surface area contributed by atoms with Crippen LogP contribution in [0.1, 0.15) is 20.7 Å². The Kier molecular flexibility index (Phi) is 3.77. The van der Waals surface area contributed by atoms with Crippen LogP contribution < -0.4 is 5.32 Å². The summed E-state index contributed by atoms with van der Waals surface area (Å²) in [6.45, 7) is 0. The highest BCUT2D eigenvalue weighted by Crippen LogP contribution is 2.16. The van der Waals surface area contributed by atoms with Crippen LogP contribution in [-0.2, 0) is 0 Å². The number of benzene rings is 1. The largest absolute Gasteiger partial charge is 0.478 e. The fraction of sp³-hybridized carbons (Fsp3) is 0. The van der Waals surface area contributed by atoms with Crippen molar-refractivity contribution in [2.75, 3.05) is 5.32 Å². The molecule has 96 valence electrons. The third-order valence-corrected chi connectivity index (χ3v) is 2.62. The molecule has 19 heavy (non-hydrogen) atoms. The number of hydrogen-bond donors (Lipinski definition) is 2. The molecule has 1 amide bonds. The van der Waals surface area contributed by atoms with Gasteiger partial charge in [0.1, 0.15) is 0 Å². The van der Waals surface area contributed by atoms with Gasteiger partial charge in [0, 0.05) is 16.8 Å². The molecule has 2 N–H and O–H groups in total. The monoisotopic (exact) mass is 276 g/mol. The number of aromatic nitrogens is 1. The van der Waals surface area contributed by atoms with Crippen LogP contribution in [0.15, 0.2) is 42.7 Å². The molecule has 1 aromatic heterocycles. The first-order valence-corrected chi connectivity index (χ1v) is 5.70. The second-order valence-electron chi connectivity index (χ2n) is 3.69. The van der Waals surface area contributed by atoms with E-state index in [0.29, 0.717) is 10.6 Å². The number of carbonyl (C=O) groups excluding carboxylic acids is 1. The second kappa shape index (κ2) is 5.49. The quantitative estimate of drug-likeness (QED) is 0.903. The molecule has 0 saturated heterocycles. The van der Waals surface area contributed by atoms with E-state index in [9.17, 15) is 9.59 Å². The molecule has 0 atom stereocenters. The average Bonchev–Trinajstić information content (AvgIpc) is 2.39. The minimum absolute atomic E-state index is 0.0228. The summed E-state index contributed by atoms with van der Waals surface area (Å²) in [5.41, 5.74) is 0.457. The van der Waals surface area contributed by atoms with Crippen molar-refractivity contribution >= 4 is 29.2 Å². The molecule has 1 aromatic carbocycles. The average molecular weight is 277 g/mol. The first kappa shape index (κ1) is 13.0. The molecule has 2 rings (SSSR count). The number of pyridine rings is 1. The Bertz CT molecular complexity index is 643. The van der Waals surface area contributed by atoms with Crippen LogP contribution in [0, 0.1) is 0 Å². The van der Waals surface area contributed by atoms with E-state index in [-0.39, 0.29) is 11.3 Å². The van der Waals surface area contributed by atoms with E-state index in [4.69, 9.17) is 16.7 Å². The molecular weight excluding hydrogens is 268 g/mol. The van der Waals surface area contributed by atoms with Gasteiger partial charge in [0.25, 0.3) is 5.91 Å². The fourth-order valence-electron chi connectivity index (χ4n) is 1.50. The lowest BCUT2D eigenvalue weighted by molar-refractivity contribution is 0.0698. The number of aromatic carboxylic acids is 1. The third kappa shape index (κ3) is 3.08. The normalized spacial score (nSPS) is 9.95. The van der Waals surface area contributed by atoms with E-state index in [1.54, 1.807) is 18.2 Å². The van der Waals surface area contributed by atoms with Gasteiger partial charge in [0.15, 0.2) is 0 Å². The van der Waals surface area contributed by atoms with Gasteiger partial charge in [-0.05, 0) is 24.3 Å². The topological polar surface area (TPSA) is 79.3 Å². The van der Waals surface area contributed by atoms with E-state index in [1.165, 1.54) is 24.5 Å². The van der Waals surface area contributed by atoms with Crippen LogP contribution >= 0.6 is 11.6 Å². The molecule has 0 bridgehead atoms. The Morgan fingerprint density at radius 1 is 1.26 bits per heavy atom. The van der Waals surface area contributed by atoms with Crippen molar-refractivity contribution in [3.63, 3.8) is 0 Å². The zero-order chi connectivity index (χ0) is 13.8. The number of hydrogen-bond acceptors (Lipinski definition) is 3. The fourth-order valence-corrected chi connectivity index (χ4v) is 1.70. The van der Waals surface area contributed by atoms with Gasteiger partial charge < -0.3 is 10.4 Å². The zero-order valence-corrected chi connectivity index (χ0v) is 10.4. The maximum Gasteiger partial charge on any atom is 0.337 e. The number of nitrogens with one attached hydrogen (secondary N) is 1. The molecular formula is C13H9ClN2O3. The molecule has 0 spiro atoms. The van der Waals surface area contributed by atoms with Gasteiger partial charge in [-0.15, -0.1) is 0 Å². The molecule has 0 aliphatic carbocycles. The Labute approximate surface area is 113 Å². The van der Waals surface area contributed by atoms with Crippen molar-refractivity contribution in [3.8, 4) is 0 Å². The minimum Gasteiger partial charge on any atom is -0.478 e. The molecule has 0 aliphatic heterocycles. The van der Waals surface area contributed by atoms with E-state index in [0.717, 1.165) is 0 Å². The van der Waals surface area contributed by atoms with Gasteiger partial charge in [-0.3, -0.25) is 9.78 Å². The number of nitrogens with zero attached hydrogens (tertiary/aromatic N) is 1. The number of carboxylic acids is 1. The summed E-state index contributed by atoms with van der Waals surface area (Å²) in [5, 5.41) is 11.9. The lowest BCUT2D eigenvalue weighted by atomic mass is 10.2. The van der Waals surface area contributed by atoms with Gasteiger partial charge in [0.05, 0.1) is 17.4 Å². The predicted octanol–water partition coefficient (Wildman–Crippen LogP) is 2.69. The lowest BCUT2D eigenvalue weighted by Gasteiger charge is -2.07. The standard InChI is InChI=1S/C13H9ClN2O3/c14-9-3-1-2-8(6-9)12(17)16-11-7-15-5-4-10(11)13(18)19/h1-7H,(H,16,17)(H,18,19). The van der Waals surface area contributed by atoms with E-state index >= 15 is 0 Å². The molecule has 6 heteroatoms. The maximum atomic E-state index is 12.0. The number of carbonyl (C=O) groups is 2. The predicted molar refractivity (Wildman–Crippen MR) is 70.6 cm³/mol. The molecule has 0 saturated carbocycles. The molecule has 2 aromatic rings. The molecule has 0 radical (unpaired) electrons. The third-order valence-electron chi connectivity index (χ3n) is 2.39. The second-order valence-corrected chi connectivity index (χ2v) is 4.13. The Morgan fingerprint density at radius 3 is 2.74 bits per heavy atom. The van der Waals surface area contributed by atoms with Crippen molar-refractivity contribution in [3.05, 3.63) is 58.9 Å². The van der Waals surface area contributed by atoms with Crippen molar-refractivity contribution in [1.82, 2.24) is 4.98 Å². The first-order chi connectivity index (χ1) is 9.08. The zero-order valence-electron chi connectivity index (χ0n) is 9.63. The summed E-state index contributed by atoms with van der Waals surface area (Å²) in [6.07, 6.45) is 2.63. The van der Waals surface area contributed by atoms with Crippen LogP contribution in [-0.4, -0.2) is 22.0 Å². The van der Waals surface area contributed by atoms with Crippen molar-refractivity contribution < 1.29 is 14.7 Å². The summed E-state index contributed by atoms with van der Waals surface area (Å²) in [4.78, 5) is 26.7. The number of carboxylic acid groups (broad SMARTS) is 1. The molecule has 5 nitrogen and oxygen atoms in total. The summed E-state index contributed by atoms with van der Waals surface area (Å²) >= 11 is 5.79.